The smallest absolute Gasteiger partial charge is 0.193 e. The van der Waals surface area contributed by atoms with Crippen LogP contribution in [0.15, 0.2) is 40.8 Å². The Morgan fingerprint density at radius 3 is 2.47 bits per heavy atom. The van der Waals surface area contributed by atoms with E-state index in [0.717, 1.165) is 11.3 Å². The highest BCUT2D eigenvalue weighted by molar-refractivity contribution is 6.28. The first-order chi connectivity index (χ1) is 8.20. The van der Waals surface area contributed by atoms with Gasteiger partial charge in [-0.15, -0.1) is 0 Å². The monoisotopic (exact) mass is 251 g/mol. The van der Waals surface area contributed by atoms with Gasteiger partial charge in [0.25, 0.3) is 0 Å². The van der Waals surface area contributed by atoms with E-state index in [2.05, 4.69) is 0 Å². The minimum Gasteiger partial charge on any atom is -0.494 e. The standard InChI is InChI=1S/C13H14ClNO2/c1-2-16-10-5-3-9(4-6-10)13(15)11-7-8-12(14)17-11/h3-8,13H,2,15H2,1H3. The van der Waals surface area contributed by atoms with Crippen molar-refractivity contribution in [3.8, 4) is 5.75 Å². The lowest BCUT2D eigenvalue weighted by Gasteiger charge is -2.10. The van der Waals surface area contributed by atoms with E-state index in [1.165, 1.54) is 0 Å². The number of rotatable bonds is 4. The van der Waals surface area contributed by atoms with Crippen LogP contribution in [0.2, 0.25) is 5.22 Å². The summed E-state index contributed by atoms with van der Waals surface area (Å²) in [6.07, 6.45) is 0. The molecule has 0 spiro atoms. The molecule has 0 fully saturated rings. The summed E-state index contributed by atoms with van der Waals surface area (Å²) in [6.45, 7) is 2.60. The second-order valence-corrected chi connectivity index (χ2v) is 3.99. The highest BCUT2D eigenvalue weighted by Gasteiger charge is 2.12. The fourth-order valence-corrected chi connectivity index (χ4v) is 1.75. The maximum absolute atomic E-state index is 6.06. The van der Waals surface area contributed by atoms with Crippen molar-refractivity contribution >= 4 is 11.6 Å². The first kappa shape index (κ1) is 12.0. The normalized spacial score (nSPS) is 12.4. The summed E-state index contributed by atoms with van der Waals surface area (Å²) in [6, 6.07) is 10.8. The lowest BCUT2D eigenvalue weighted by atomic mass is 10.1. The number of ether oxygens (including phenoxy) is 1. The number of benzene rings is 1. The number of hydrogen-bond acceptors (Lipinski definition) is 3. The molecule has 0 saturated heterocycles. The summed E-state index contributed by atoms with van der Waals surface area (Å²) >= 11 is 5.72. The van der Waals surface area contributed by atoms with Crippen molar-refractivity contribution < 1.29 is 9.15 Å². The SMILES string of the molecule is CCOc1ccc(C(N)c2ccc(Cl)o2)cc1. The first-order valence-electron chi connectivity index (χ1n) is 5.44. The van der Waals surface area contributed by atoms with Gasteiger partial charge in [0.05, 0.1) is 12.6 Å². The molecule has 90 valence electrons. The Labute approximate surface area is 105 Å². The van der Waals surface area contributed by atoms with Gasteiger partial charge in [0.2, 0.25) is 0 Å². The maximum atomic E-state index is 6.06. The molecule has 2 aromatic rings. The zero-order valence-electron chi connectivity index (χ0n) is 9.52. The first-order valence-corrected chi connectivity index (χ1v) is 5.82. The molecule has 0 bridgehead atoms. The topological polar surface area (TPSA) is 48.4 Å². The van der Waals surface area contributed by atoms with Crippen molar-refractivity contribution in [2.45, 2.75) is 13.0 Å². The molecule has 1 atom stereocenters. The molecule has 0 amide bonds. The number of furan rings is 1. The molecule has 1 heterocycles. The number of halogens is 1. The van der Waals surface area contributed by atoms with Gasteiger partial charge in [-0.05, 0) is 48.4 Å². The zero-order chi connectivity index (χ0) is 12.3. The summed E-state index contributed by atoms with van der Waals surface area (Å²) in [5, 5.41) is 0.349. The van der Waals surface area contributed by atoms with Gasteiger partial charge in [0.15, 0.2) is 5.22 Å². The Hall–Kier alpha value is -1.45. The summed E-state index contributed by atoms with van der Waals surface area (Å²) in [5.74, 6) is 1.49. The molecule has 3 nitrogen and oxygen atoms in total. The third-order valence-electron chi connectivity index (χ3n) is 2.45. The quantitative estimate of drug-likeness (QED) is 0.906. The van der Waals surface area contributed by atoms with Crippen LogP contribution in [0.4, 0.5) is 0 Å². The van der Waals surface area contributed by atoms with Gasteiger partial charge in [-0.2, -0.15) is 0 Å². The van der Waals surface area contributed by atoms with Gasteiger partial charge in [-0.25, -0.2) is 0 Å². The van der Waals surface area contributed by atoms with Crippen molar-refractivity contribution in [3.63, 3.8) is 0 Å². The molecule has 1 aromatic carbocycles. The highest BCUT2D eigenvalue weighted by atomic mass is 35.5. The summed E-state index contributed by atoms with van der Waals surface area (Å²) in [7, 11) is 0. The van der Waals surface area contributed by atoms with Crippen molar-refractivity contribution in [2.24, 2.45) is 5.73 Å². The van der Waals surface area contributed by atoms with Crippen LogP contribution in [0.1, 0.15) is 24.3 Å². The third kappa shape index (κ3) is 2.81. The van der Waals surface area contributed by atoms with Crippen LogP contribution in [0, 0.1) is 0 Å². The summed E-state index contributed by atoms with van der Waals surface area (Å²) in [4.78, 5) is 0. The Kier molecular flexibility index (Phi) is 3.71. The molecule has 0 radical (unpaired) electrons. The molecule has 4 heteroatoms. The minimum absolute atomic E-state index is 0.307. The lowest BCUT2D eigenvalue weighted by molar-refractivity contribution is 0.340. The van der Waals surface area contributed by atoms with Crippen LogP contribution >= 0.6 is 11.6 Å². The van der Waals surface area contributed by atoms with Crippen molar-refractivity contribution in [3.05, 3.63) is 52.9 Å². The molecule has 0 aliphatic rings. The number of hydrogen-bond donors (Lipinski definition) is 1. The van der Waals surface area contributed by atoms with Crippen LogP contribution in [0.3, 0.4) is 0 Å². The van der Waals surface area contributed by atoms with Crippen molar-refractivity contribution in [2.75, 3.05) is 6.61 Å². The molecule has 2 rings (SSSR count). The van der Waals surface area contributed by atoms with Gasteiger partial charge >= 0.3 is 0 Å². The zero-order valence-corrected chi connectivity index (χ0v) is 10.3. The molecule has 1 unspecified atom stereocenters. The van der Waals surface area contributed by atoms with E-state index >= 15 is 0 Å². The van der Waals surface area contributed by atoms with Crippen LogP contribution in [0.25, 0.3) is 0 Å². The van der Waals surface area contributed by atoms with Crippen LogP contribution in [-0.4, -0.2) is 6.61 Å². The fourth-order valence-electron chi connectivity index (χ4n) is 1.60. The predicted octanol–water partition coefficient (Wildman–Crippen LogP) is 3.38. The van der Waals surface area contributed by atoms with Gasteiger partial charge in [0, 0.05) is 0 Å². The summed E-state index contributed by atoms with van der Waals surface area (Å²) < 4.78 is 10.7. The van der Waals surface area contributed by atoms with Crippen molar-refractivity contribution in [1.29, 1.82) is 0 Å². The molecule has 2 N–H and O–H groups in total. The summed E-state index contributed by atoms with van der Waals surface area (Å²) in [5.41, 5.74) is 7.02. The van der Waals surface area contributed by atoms with E-state index in [1.807, 2.05) is 31.2 Å². The lowest BCUT2D eigenvalue weighted by Crippen LogP contribution is -2.10. The number of nitrogens with two attached hydrogens (primary N) is 1. The average molecular weight is 252 g/mol. The third-order valence-corrected chi connectivity index (χ3v) is 2.65. The Morgan fingerprint density at radius 2 is 1.94 bits per heavy atom. The van der Waals surface area contributed by atoms with E-state index in [0.29, 0.717) is 17.6 Å². The van der Waals surface area contributed by atoms with Crippen LogP contribution in [0.5, 0.6) is 5.75 Å². The largest absolute Gasteiger partial charge is 0.494 e. The van der Waals surface area contributed by atoms with Gasteiger partial charge < -0.3 is 14.9 Å². The maximum Gasteiger partial charge on any atom is 0.193 e. The molecule has 0 saturated carbocycles. The van der Waals surface area contributed by atoms with Gasteiger partial charge in [-0.3, -0.25) is 0 Å². The molecule has 17 heavy (non-hydrogen) atoms. The second-order valence-electron chi connectivity index (χ2n) is 3.62. The molecule has 1 aromatic heterocycles. The van der Waals surface area contributed by atoms with Crippen LogP contribution < -0.4 is 10.5 Å². The Morgan fingerprint density at radius 1 is 1.24 bits per heavy atom. The molecular weight excluding hydrogens is 238 g/mol. The molecule has 0 aliphatic carbocycles. The average Bonchev–Trinajstić information content (AvgIpc) is 2.76. The molecule has 0 aliphatic heterocycles. The predicted molar refractivity (Wildman–Crippen MR) is 67.4 cm³/mol. The minimum atomic E-state index is -0.307. The molecular formula is C13H14ClNO2. The highest BCUT2D eigenvalue weighted by Crippen LogP contribution is 2.25. The van der Waals surface area contributed by atoms with E-state index in [4.69, 9.17) is 26.5 Å². The van der Waals surface area contributed by atoms with E-state index in [1.54, 1.807) is 12.1 Å². The van der Waals surface area contributed by atoms with Gasteiger partial charge in [-0.1, -0.05) is 12.1 Å². The van der Waals surface area contributed by atoms with E-state index < -0.39 is 0 Å². The van der Waals surface area contributed by atoms with Crippen LogP contribution in [-0.2, 0) is 0 Å². The van der Waals surface area contributed by atoms with Crippen molar-refractivity contribution in [1.82, 2.24) is 0 Å². The van der Waals surface area contributed by atoms with E-state index in [-0.39, 0.29) is 6.04 Å². The fraction of sp³-hybridized carbons (Fsp3) is 0.231. The second kappa shape index (κ2) is 5.25. The Bertz CT molecular complexity index is 478. The van der Waals surface area contributed by atoms with E-state index in [9.17, 15) is 0 Å². The Balaban J connectivity index is 2.16. The van der Waals surface area contributed by atoms with Gasteiger partial charge in [0.1, 0.15) is 11.5 Å².